The molecule has 0 radical (unpaired) electrons. The van der Waals surface area contributed by atoms with Crippen LogP contribution >= 0.6 is 0 Å². The molecule has 0 aliphatic carbocycles. The molecule has 4 aromatic carbocycles. The van der Waals surface area contributed by atoms with Crippen LogP contribution in [0.4, 0.5) is 11.4 Å². The number of hydrogen-bond donors (Lipinski definition) is 0. The molecule has 7 rings (SSSR count). The van der Waals surface area contributed by atoms with Crippen LogP contribution in [0.3, 0.4) is 0 Å². The van der Waals surface area contributed by atoms with Gasteiger partial charge in [-0.3, -0.25) is 4.98 Å². The van der Waals surface area contributed by atoms with Crippen LogP contribution in [0.2, 0.25) is 0 Å². The first-order valence-corrected chi connectivity index (χ1v) is 10.4. The Morgan fingerprint density at radius 3 is 2.13 bits per heavy atom. The van der Waals surface area contributed by atoms with Crippen molar-refractivity contribution < 1.29 is 0 Å². The Morgan fingerprint density at radius 1 is 0.600 bits per heavy atom. The van der Waals surface area contributed by atoms with Gasteiger partial charge in [0.1, 0.15) is 0 Å². The highest BCUT2D eigenvalue weighted by molar-refractivity contribution is 6.92. The van der Waals surface area contributed by atoms with Crippen LogP contribution in [0.1, 0.15) is 0 Å². The smallest absolute Gasteiger partial charge is 0.329 e. The summed E-state index contributed by atoms with van der Waals surface area (Å²) in [6.45, 7) is 0.144. The molecule has 0 amide bonds. The van der Waals surface area contributed by atoms with Gasteiger partial charge in [0.2, 0.25) is 0 Å². The van der Waals surface area contributed by atoms with E-state index in [1.54, 1.807) is 0 Å². The van der Waals surface area contributed by atoms with E-state index in [1.165, 1.54) is 55.3 Å². The van der Waals surface area contributed by atoms with Crippen LogP contribution in [-0.2, 0) is 0 Å². The average Bonchev–Trinajstić information content (AvgIpc) is 2.83. The van der Waals surface area contributed by atoms with Crippen LogP contribution in [0.25, 0.3) is 33.0 Å². The van der Waals surface area contributed by atoms with Crippen LogP contribution in [0.5, 0.6) is 0 Å². The molecule has 3 heteroatoms. The van der Waals surface area contributed by atoms with Crippen molar-refractivity contribution >= 4 is 39.9 Å². The molecule has 0 saturated carbocycles. The maximum absolute atomic E-state index is 4.47. The summed E-state index contributed by atoms with van der Waals surface area (Å²) >= 11 is 0. The zero-order chi connectivity index (χ0) is 19.7. The zero-order valence-electron chi connectivity index (χ0n) is 16.3. The average molecular weight is 380 g/mol. The maximum atomic E-state index is 4.47. The van der Waals surface area contributed by atoms with E-state index in [9.17, 15) is 0 Å². The number of rotatable bonds is 0. The molecule has 0 unspecified atom stereocenters. The van der Waals surface area contributed by atoms with Gasteiger partial charge in [0.15, 0.2) is 0 Å². The van der Waals surface area contributed by atoms with Crippen molar-refractivity contribution in [3.63, 3.8) is 0 Å². The molecule has 30 heavy (non-hydrogen) atoms. The minimum atomic E-state index is 0.144. The molecular formula is C27H17BN2. The summed E-state index contributed by atoms with van der Waals surface area (Å²) in [6.07, 6.45) is 3.92. The highest BCUT2D eigenvalue weighted by Gasteiger charge is 2.42. The second kappa shape index (κ2) is 5.83. The number of aromatic nitrogens is 1. The van der Waals surface area contributed by atoms with E-state index in [1.807, 2.05) is 12.4 Å². The number of anilines is 2. The molecular weight excluding hydrogens is 363 g/mol. The van der Waals surface area contributed by atoms with Crippen molar-refractivity contribution in [3.8, 4) is 22.3 Å². The predicted octanol–water partition coefficient (Wildman–Crippen LogP) is 5.14. The highest BCUT2D eigenvalue weighted by atomic mass is 15.1. The number of nitrogens with zero attached hydrogens (tertiary/aromatic N) is 2. The Morgan fingerprint density at radius 2 is 1.30 bits per heavy atom. The fourth-order valence-corrected chi connectivity index (χ4v) is 5.33. The van der Waals surface area contributed by atoms with Gasteiger partial charge in [-0.2, -0.15) is 0 Å². The van der Waals surface area contributed by atoms with Crippen molar-refractivity contribution in [2.45, 2.75) is 0 Å². The van der Waals surface area contributed by atoms with Gasteiger partial charge >= 0.3 is 6.85 Å². The summed E-state index contributed by atoms with van der Waals surface area (Å²) in [5, 5.41) is 2.56. The number of pyridine rings is 1. The van der Waals surface area contributed by atoms with E-state index in [-0.39, 0.29) is 6.85 Å². The third-order valence-corrected chi connectivity index (χ3v) is 6.55. The highest BCUT2D eigenvalue weighted by Crippen LogP contribution is 2.48. The first kappa shape index (κ1) is 16.0. The quantitative estimate of drug-likeness (QED) is 0.346. The van der Waals surface area contributed by atoms with Crippen molar-refractivity contribution in [1.82, 2.24) is 4.98 Å². The van der Waals surface area contributed by atoms with Gasteiger partial charge in [0.05, 0.1) is 0 Å². The van der Waals surface area contributed by atoms with E-state index in [4.69, 9.17) is 0 Å². The van der Waals surface area contributed by atoms with Gasteiger partial charge in [-0.05, 0) is 33.5 Å². The lowest BCUT2D eigenvalue weighted by Gasteiger charge is -2.43. The second-order valence-corrected chi connectivity index (χ2v) is 8.02. The first-order valence-electron chi connectivity index (χ1n) is 10.4. The predicted molar refractivity (Wildman–Crippen MR) is 126 cm³/mol. The second-order valence-electron chi connectivity index (χ2n) is 8.02. The van der Waals surface area contributed by atoms with Gasteiger partial charge in [-0.15, -0.1) is 0 Å². The van der Waals surface area contributed by atoms with Gasteiger partial charge in [0.25, 0.3) is 0 Å². The lowest BCUT2D eigenvalue weighted by atomic mass is 9.43. The van der Waals surface area contributed by atoms with E-state index >= 15 is 0 Å². The molecule has 2 aliphatic rings. The van der Waals surface area contributed by atoms with E-state index in [0.717, 1.165) is 0 Å². The van der Waals surface area contributed by atoms with Crippen molar-refractivity contribution in [1.29, 1.82) is 0 Å². The summed E-state index contributed by atoms with van der Waals surface area (Å²) in [5.74, 6) is 0. The summed E-state index contributed by atoms with van der Waals surface area (Å²) < 4.78 is 0. The minimum absolute atomic E-state index is 0.144. The molecule has 1 aromatic heterocycles. The van der Waals surface area contributed by atoms with E-state index in [0.29, 0.717) is 0 Å². The van der Waals surface area contributed by atoms with Gasteiger partial charge in [-0.1, -0.05) is 84.9 Å². The first-order chi connectivity index (χ1) is 14.9. The Kier molecular flexibility index (Phi) is 3.11. The largest absolute Gasteiger partial charge is 0.375 e. The molecule has 2 aliphatic heterocycles. The number of benzene rings is 4. The van der Waals surface area contributed by atoms with Gasteiger partial charge in [0, 0.05) is 40.3 Å². The van der Waals surface area contributed by atoms with Crippen LogP contribution in [-0.4, -0.2) is 11.8 Å². The monoisotopic (exact) mass is 380 g/mol. The Bertz CT molecular complexity index is 1470. The Labute approximate surface area is 175 Å². The van der Waals surface area contributed by atoms with E-state index < -0.39 is 0 Å². The maximum Gasteiger partial charge on any atom is 0.329 e. The summed E-state index contributed by atoms with van der Waals surface area (Å²) in [6, 6.07) is 33.1. The molecule has 138 valence electrons. The van der Waals surface area contributed by atoms with Gasteiger partial charge in [-0.25, -0.2) is 0 Å². The molecule has 5 aromatic rings. The molecule has 2 nitrogen and oxygen atoms in total. The molecule has 0 N–H and O–H groups in total. The molecule has 0 bridgehead atoms. The molecule has 3 heterocycles. The number of hydrogen-bond acceptors (Lipinski definition) is 2. The van der Waals surface area contributed by atoms with Crippen LogP contribution in [0.15, 0.2) is 103 Å². The third-order valence-electron chi connectivity index (χ3n) is 6.55. The summed E-state index contributed by atoms with van der Waals surface area (Å²) in [4.78, 5) is 7.01. The molecule has 0 spiro atoms. The fraction of sp³-hybridized carbons (Fsp3) is 0. The van der Waals surface area contributed by atoms with E-state index in [2.05, 4.69) is 101 Å². The van der Waals surface area contributed by atoms with Crippen molar-refractivity contribution in [2.75, 3.05) is 4.81 Å². The lowest BCUT2D eigenvalue weighted by Crippen LogP contribution is -2.59. The normalized spacial score (nSPS) is 13.2. The zero-order valence-corrected chi connectivity index (χ0v) is 16.3. The van der Waals surface area contributed by atoms with Crippen molar-refractivity contribution in [3.05, 3.63) is 103 Å². The standard InChI is InChI=1S/C27H17BN2/c1-2-8-19-18(7-1)13-14-22-20-9-3-5-11-24(20)28-25-12-6-4-10-21(25)23-17-29-16-15-26(23)30(28)27(19)22/h1-17H. The summed E-state index contributed by atoms with van der Waals surface area (Å²) in [5.41, 5.74) is 10.3. The number of fused-ring (bicyclic) bond motifs is 13. The molecule has 0 fully saturated rings. The Hall–Kier alpha value is -3.85. The molecule has 0 atom stereocenters. The summed E-state index contributed by atoms with van der Waals surface area (Å²) in [7, 11) is 0. The van der Waals surface area contributed by atoms with Gasteiger partial charge < -0.3 is 4.81 Å². The molecule has 0 saturated heterocycles. The fourth-order valence-electron chi connectivity index (χ4n) is 5.33. The lowest BCUT2D eigenvalue weighted by molar-refractivity contribution is 1.28. The Balaban J connectivity index is 1.69. The SMILES string of the molecule is c1ccc2c(c1)B1c3ccccc3-c3ccc4ccccc4c3N1c1ccncc1-2. The minimum Gasteiger partial charge on any atom is -0.375 e. The van der Waals surface area contributed by atoms with Crippen molar-refractivity contribution in [2.24, 2.45) is 0 Å². The van der Waals surface area contributed by atoms with Crippen LogP contribution < -0.4 is 15.7 Å². The topological polar surface area (TPSA) is 16.1 Å². The third kappa shape index (κ3) is 1.97. The van der Waals surface area contributed by atoms with Crippen LogP contribution in [0, 0.1) is 0 Å².